The largest absolute Gasteiger partial charge is 0.309 e. The van der Waals surface area contributed by atoms with Crippen LogP contribution in [0.15, 0.2) is 6.07 Å². The molecule has 0 amide bonds. The summed E-state index contributed by atoms with van der Waals surface area (Å²) in [5, 5.41) is 3.83. The van der Waals surface area contributed by atoms with Crippen LogP contribution in [0.4, 0.5) is 0 Å². The molecule has 2 aliphatic rings. The third kappa shape index (κ3) is 3.68. The first-order chi connectivity index (χ1) is 10.3. The number of aryl methyl sites for hydroxylation is 1. The smallest absolute Gasteiger partial charge is 0.0443 e. The van der Waals surface area contributed by atoms with E-state index in [1.54, 1.807) is 15.3 Å². The Morgan fingerprint density at radius 3 is 3.00 bits per heavy atom. The van der Waals surface area contributed by atoms with E-state index < -0.39 is 0 Å². The molecule has 3 atom stereocenters. The van der Waals surface area contributed by atoms with Gasteiger partial charge in [-0.15, -0.1) is 11.3 Å². The first kappa shape index (κ1) is 15.9. The fourth-order valence-corrected chi connectivity index (χ4v) is 6.59. The number of thiophene rings is 1. The Morgan fingerprint density at radius 2 is 2.24 bits per heavy atom. The Kier molecular flexibility index (Phi) is 5.69. The molecule has 1 fully saturated rings. The fourth-order valence-electron chi connectivity index (χ4n) is 4.05. The lowest BCUT2D eigenvalue weighted by Gasteiger charge is -2.34. The quantitative estimate of drug-likeness (QED) is 0.778. The third-order valence-electron chi connectivity index (χ3n) is 5.25. The van der Waals surface area contributed by atoms with Crippen molar-refractivity contribution in [3.8, 4) is 0 Å². The molecule has 2 heterocycles. The molecule has 1 aromatic rings. The average Bonchev–Trinajstić information content (AvgIpc) is 2.96. The molecule has 1 aliphatic heterocycles. The van der Waals surface area contributed by atoms with Crippen LogP contribution in [0, 0.1) is 11.8 Å². The summed E-state index contributed by atoms with van der Waals surface area (Å²) in [5.41, 5.74) is 1.64. The summed E-state index contributed by atoms with van der Waals surface area (Å²) in [7, 11) is 0. The highest BCUT2D eigenvalue weighted by Gasteiger charge is 2.30. The van der Waals surface area contributed by atoms with E-state index in [0.717, 1.165) is 18.4 Å². The van der Waals surface area contributed by atoms with Gasteiger partial charge in [0.15, 0.2) is 0 Å². The van der Waals surface area contributed by atoms with Crippen molar-refractivity contribution in [2.75, 3.05) is 12.3 Å². The second-order valence-electron chi connectivity index (χ2n) is 6.64. The highest BCUT2D eigenvalue weighted by molar-refractivity contribution is 7.98. The predicted octanol–water partition coefficient (Wildman–Crippen LogP) is 5.40. The van der Waals surface area contributed by atoms with Crippen molar-refractivity contribution in [1.29, 1.82) is 0 Å². The standard InChI is InChI=1S/C18H29NS2/c1-3-13-6-5-7-14(10-13)18(19-4-2)17-11-15-12-20-9-8-16(15)21-17/h11,13-14,18-19H,3-10,12H2,1-2H3. The summed E-state index contributed by atoms with van der Waals surface area (Å²) in [5.74, 6) is 4.39. The van der Waals surface area contributed by atoms with Crippen LogP contribution in [0.5, 0.6) is 0 Å². The molecule has 0 saturated heterocycles. The van der Waals surface area contributed by atoms with Gasteiger partial charge in [0.1, 0.15) is 0 Å². The second kappa shape index (κ2) is 7.52. The zero-order valence-electron chi connectivity index (χ0n) is 13.5. The first-order valence-electron chi connectivity index (χ1n) is 8.74. The molecule has 0 spiro atoms. The van der Waals surface area contributed by atoms with E-state index in [1.165, 1.54) is 50.0 Å². The average molecular weight is 324 g/mol. The van der Waals surface area contributed by atoms with Gasteiger partial charge in [0.25, 0.3) is 0 Å². The van der Waals surface area contributed by atoms with Crippen LogP contribution >= 0.6 is 23.1 Å². The number of hydrogen-bond acceptors (Lipinski definition) is 3. The van der Waals surface area contributed by atoms with Crippen LogP contribution in [-0.2, 0) is 12.2 Å². The van der Waals surface area contributed by atoms with Gasteiger partial charge < -0.3 is 5.32 Å². The summed E-state index contributed by atoms with van der Waals surface area (Å²) in [6.45, 7) is 5.72. The molecule has 1 N–H and O–H groups in total. The SMILES string of the molecule is CCNC(c1cc2c(s1)CCSC2)C1CCCC(CC)C1. The summed E-state index contributed by atoms with van der Waals surface area (Å²) in [6.07, 6.45) is 8.42. The van der Waals surface area contributed by atoms with E-state index in [9.17, 15) is 0 Å². The van der Waals surface area contributed by atoms with Gasteiger partial charge >= 0.3 is 0 Å². The van der Waals surface area contributed by atoms with E-state index in [4.69, 9.17) is 0 Å². The van der Waals surface area contributed by atoms with E-state index >= 15 is 0 Å². The minimum absolute atomic E-state index is 0.616. The van der Waals surface area contributed by atoms with Gasteiger partial charge in [0, 0.05) is 21.5 Å². The van der Waals surface area contributed by atoms with Crippen LogP contribution in [0.1, 0.15) is 67.3 Å². The van der Waals surface area contributed by atoms with Crippen LogP contribution in [-0.4, -0.2) is 12.3 Å². The van der Waals surface area contributed by atoms with Crippen molar-refractivity contribution in [3.63, 3.8) is 0 Å². The van der Waals surface area contributed by atoms with Gasteiger partial charge in [-0.25, -0.2) is 0 Å². The lowest BCUT2D eigenvalue weighted by Crippen LogP contribution is -2.31. The van der Waals surface area contributed by atoms with Gasteiger partial charge in [0.05, 0.1) is 0 Å². The maximum atomic E-state index is 3.83. The Bertz CT molecular complexity index is 431. The molecule has 0 radical (unpaired) electrons. The maximum Gasteiger partial charge on any atom is 0.0443 e. The summed E-state index contributed by atoms with van der Waals surface area (Å²) in [4.78, 5) is 3.31. The summed E-state index contributed by atoms with van der Waals surface area (Å²) >= 11 is 4.21. The molecule has 21 heavy (non-hydrogen) atoms. The van der Waals surface area contributed by atoms with Gasteiger partial charge in [-0.05, 0) is 55.0 Å². The van der Waals surface area contributed by atoms with Crippen molar-refractivity contribution in [1.82, 2.24) is 5.32 Å². The van der Waals surface area contributed by atoms with Crippen LogP contribution in [0.2, 0.25) is 0 Å². The highest BCUT2D eigenvalue weighted by atomic mass is 32.2. The molecule has 1 aromatic heterocycles. The molecule has 1 saturated carbocycles. The van der Waals surface area contributed by atoms with Gasteiger partial charge in [0.2, 0.25) is 0 Å². The Labute approximate surface area is 138 Å². The molecular weight excluding hydrogens is 294 g/mol. The molecule has 3 rings (SSSR count). The van der Waals surface area contributed by atoms with Crippen LogP contribution in [0.3, 0.4) is 0 Å². The monoisotopic (exact) mass is 323 g/mol. The first-order valence-corrected chi connectivity index (χ1v) is 10.7. The van der Waals surface area contributed by atoms with E-state index in [-0.39, 0.29) is 0 Å². The van der Waals surface area contributed by atoms with E-state index in [1.807, 2.05) is 0 Å². The Hall–Kier alpha value is 0.01000. The van der Waals surface area contributed by atoms with Crippen LogP contribution < -0.4 is 5.32 Å². The number of rotatable bonds is 5. The normalized spacial score (nSPS) is 27.3. The van der Waals surface area contributed by atoms with Crippen molar-refractivity contribution in [2.45, 2.75) is 64.2 Å². The van der Waals surface area contributed by atoms with Gasteiger partial charge in [-0.1, -0.05) is 33.1 Å². The Morgan fingerprint density at radius 1 is 1.33 bits per heavy atom. The minimum atomic E-state index is 0.616. The van der Waals surface area contributed by atoms with Crippen molar-refractivity contribution < 1.29 is 0 Å². The third-order valence-corrected chi connectivity index (χ3v) is 7.58. The molecule has 1 nitrogen and oxygen atoms in total. The predicted molar refractivity (Wildman–Crippen MR) is 96.3 cm³/mol. The summed E-state index contributed by atoms with van der Waals surface area (Å²) < 4.78 is 0. The lowest BCUT2D eigenvalue weighted by molar-refractivity contribution is 0.212. The minimum Gasteiger partial charge on any atom is -0.309 e. The topological polar surface area (TPSA) is 12.0 Å². The number of hydrogen-bond donors (Lipinski definition) is 1. The zero-order chi connectivity index (χ0) is 14.7. The second-order valence-corrected chi connectivity index (χ2v) is 8.91. The van der Waals surface area contributed by atoms with Gasteiger partial charge in [-0.3, -0.25) is 0 Å². The molecule has 0 aromatic carbocycles. The Balaban J connectivity index is 1.78. The van der Waals surface area contributed by atoms with Crippen molar-refractivity contribution in [2.24, 2.45) is 11.8 Å². The van der Waals surface area contributed by atoms with Crippen LogP contribution in [0.25, 0.3) is 0 Å². The maximum absolute atomic E-state index is 3.83. The van der Waals surface area contributed by atoms with E-state index in [0.29, 0.717) is 6.04 Å². The number of nitrogens with one attached hydrogen (secondary N) is 1. The van der Waals surface area contributed by atoms with Crippen molar-refractivity contribution in [3.05, 3.63) is 21.4 Å². The lowest BCUT2D eigenvalue weighted by atomic mass is 9.76. The molecule has 1 aliphatic carbocycles. The van der Waals surface area contributed by atoms with E-state index in [2.05, 4.69) is 48.3 Å². The molecule has 0 bridgehead atoms. The number of thioether (sulfide) groups is 1. The molecular formula is C18H29NS2. The summed E-state index contributed by atoms with van der Waals surface area (Å²) in [6, 6.07) is 3.15. The molecule has 118 valence electrons. The molecule has 3 heteroatoms. The van der Waals surface area contributed by atoms with Gasteiger partial charge in [-0.2, -0.15) is 11.8 Å². The molecule has 3 unspecified atom stereocenters. The van der Waals surface area contributed by atoms with Crippen molar-refractivity contribution >= 4 is 23.1 Å². The highest BCUT2D eigenvalue weighted by Crippen LogP contribution is 2.42. The zero-order valence-corrected chi connectivity index (χ0v) is 15.1. The fraction of sp³-hybridized carbons (Fsp3) is 0.778. The number of fused-ring (bicyclic) bond motifs is 1.